The SMILES string of the molecule is [B]C(C)(C)Nc1cc(-c2cc(C(=O)OC)n([I-]C)c2)c(Cl)cn1. The van der Waals surface area contributed by atoms with Crippen molar-refractivity contribution in [1.82, 2.24) is 7.76 Å². The number of rotatable bonds is 5. The number of halogens is 2. The second-order valence-electron chi connectivity index (χ2n) is 5.48. The van der Waals surface area contributed by atoms with Gasteiger partial charge in [-0.2, -0.15) is 0 Å². The molecule has 0 unspecified atom stereocenters. The number of esters is 1. The normalized spacial score (nSPS) is 11.5. The van der Waals surface area contributed by atoms with Crippen LogP contribution in [0.2, 0.25) is 5.02 Å². The third-order valence-corrected chi connectivity index (χ3v) is 5.11. The van der Waals surface area contributed by atoms with E-state index in [0.717, 1.165) is 11.1 Å². The average molecular weight is 444 g/mol. The van der Waals surface area contributed by atoms with Gasteiger partial charge in [-0.1, -0.05) is 0 Å². The third kappa shape index (κ3) is 4.41. The van der Waals surface area contributed by atoms with Gasteiger partial charge in [0.15, 0.2) is 0 Å². The number of anilines is 1. The molecule has 0 fully saturated rings. The van der Waals surface area contributed by atoms with Crippen LogP contribution in [0.4, 0.5) is 5.82 Å². The number of hydrogen-bond acceptors (Lipinski definition) is 4. The van der Waals surface area contributed by atoms with Crippen molar-refractivity contribution in [2.45, 2.75) is 19.3 Å². The maximum atomic E-state index is 11.9. The molecular formula is C15H17BClIN3O2-. The number of alkyl halides is 1. The second-order valence-corrected chi connectivity index (χ2v) is 7.89. The topological polar surface area (TPSA) is 56.1 Å². The Balaban J connectivity index is 2.47. The first kappa shape index (κ1) is 18.1. The summed E-state index contributed by atoms with van der Waals surface area (Å²) in [6.07, 6.45) is 3.49. The van der Waals surface area contributed by atoms with Crippen LogP contribution in [0.5, 0.6) is 0 Å². The molecule has 8 heteroatoms. The molecule has 1 N–H and O–H groups in total. The fourth-order valence-electron chi connectivity index (χ4n) is 2.03. The van der Waals surface area contributed by atoms with Crippen molar-refractivity contribution in [2.75, 3.05) is 17.4 Å². The fraction of sp³-hybridized carbons (Fsp3) is 0.333. The van der Waals surface area contributed by atoms with Gasteiger partial charge >= 0.3 is 153 Å². The van der Waals surface area contributed by atoms with Crippen LogP contribution in [0.3, 0.4) is 0 Å². The summed E-state index contributed by atoms with van der Waals surface area (Å²) in [6, 6.07) is 3.61. The Morgan fingerprint density at radius 1 is 1.48 bits per heavy atom. The van der Waals surface area contributed by atoms with Crippen molar-refractivity contribution in [2.24, 2.45) is 0 Å². The van der Waals surface area contributed by atoms with Crippen molar-refractivity contribution < 1.29 is 31.0 Å². The molecule has 0 bridgehead atoms. The minimum absolute atomic E-state index is 0.342. The van der Waals surface area contributed by atoms with Crippen LogP contribution in [0.15, 0.2) is 24.5 Å². The number of hydrogen-bond donors (Lipinski definition) is 1. The Hall–Kier alpha value is -1.22. The summed E-state index contributed by atoms with van der Waals surface area (Å²) in [4.78, 5) is 18.2. The van der Waals surface area contributed by atoms with Gasteiger partial charge in [-0.05, 0) is 0 Å². The summed E-state index contributed by atoms with van der Waals surface area (Å²) in [5, 5.41) is 3.61. The summed E-state index contributed by atoms with van der Waals surface area (Å²) >= 11 is 5.94. The Bertz CT molecular complexity index is 728. The summed E-state index contributed by atoms with van der Waals surface area (Å²) in [7, 11) is 7.33. The van der Waals surface area contributed by atoms with E-state index in [1.165, 1.54) is 7.11 Å². The van der Waals surface area contributed by atoms with Gasteiger partial charge in [0.05, 0.1) is 0 Å². The van der Waals surface area contributed by atoms with Crippen LogP contribution in [0.25, 0.3) is 11.1 Å². The first-order valence-corrected chi connectivity index (χ1v) is 10.3. The summed E-state index contributed by atoms with van der Waals surface area (Å²) in [5.41, 5.74) is 1.56. The predicted octanol–water partition coefficient (Wildman–Crippen LogP) is -0.211. The molecule has 0 aliphatic rings. The summed E-state index contributed by atoms with van der Waals surface area (Å²) in [5.74, 6) is 0.264. The molecule has 0 spiro atoms. The molecule has 0 amide bonds. The van der Waals surface area contributed by atoms with Crippen LogP contribution >= 0.6 is 11.6 Å². The standard InChI is InChI=1S/C15H17BClIN3O2/c1-15(2,16)20-13-6-10(11(17)7-19-13)9-5-12(14(22)23-4)21(8-9)18-3/h5-8H,1-4H3,(H,19,20)/q-1. The molecule has 0 aliphatic carbocycles. The van der Waals surface area contributed by atoms with Gasteiger partial charge in [0.2, 0.25) is 0 Å². The molecule has 2 aromatic heterocycles. The molecule has 0 saturated heterocycles. The van der Waals surface area contributed by atoms with Gasteiger partial charge in [0.1, 0.15) is 0 Å². The Morgan fingerprint density at radius 2 is 2.17 bits per heavy atom. The van der Waals surface area contributed by atoms with E-state index in [9.17, 15) is 4.79 Å². The second kappa shape index (κ2) is 7.13. The zero-order chi connectivity index (χ0) is 17.2. The molecule has 0 aromatic carbocycles. The van der Waals surface area contributed by atoms with Crippen molar-refractivity contribution >= 4 is 31.2 Å². The van der Waals surface area contributed by atoms with E-state index in [-0.39, 0.29) is 27.4 Å². The van der Waals surface area contributed by atoms with Gasteiger partial charge in [-0.3, -0.25) is 0 Å². The number of methoxy groups -OCH3 is 1. The summed E-state index contributed by atoms with van der Waals surface area (Å²) in [6.45, 7) is 3.69. The Kier molecular flexibility index (Phi) is 5.62. The molecule has 2 rings (SSSR count). The van der Waals surface area contributed by atoms with Crippen LogP contribution in [0.1, 0.15) is 24.3 Å². The van der Waals surface area contributed by atoms with Crippen LogP contribution in [0, 0.1) is 0 Å². The number of aromatic nitrogens is 2. The Morgan fingerprint density at radius 3 is 2.74 bits per heavy atom. The van der Waals surface area contributed by atoms with Crippen LogP contribution in [-0.4, -0.2) is 39.1 Å². The maximum absolute atomic E-state index is 11.9. The van der Waals surface area contributed by atoms with E-state index in [2.05, 4.69) is 15.2 Å². The quantitative estimate of drug-likeness (QED) is 0.300. The van der Waals surface area contributed by atoms with E-state index >= 15 is 0 Å². The zero-order valence-corrected chi connectivity index (χ0v) is 16.3. The molecule has 0 aliphatic heterocycles. The average Bonchev–Trinajstić information content (AvgIpc) is 2.91. The van der Waals surface area contributed by atoms with E-state index in [1.54, 1.807) is 12.3 Å². The fourth-order valence-corrected chi connectivity index (χ4v) is 3.68. The monoisotopic (exact) mass is 444 g/mol. The van der Waals surface area contributed by atoms with Gasteiger partial charge in [0, 0.05) is 0 Å². The molecule has 0 atom stereocenters. The van der Waals surface area contributed by atoms with Crippen molar-refractivity contribution in [3.8, 4) is 11.1 Å². The number of ether oxygens (including phenoxy) is 1. The molecule has 23 heavy (non-hydrogen) atoms. The number of nitrogens with one attached hydrogen (secondary N) is 1. The van der Waals surface area contributed by atoms with Crippen molar-refractivity contribution in [3.63, 3.8) is 0 Å². The predicted molar refractivity (Wildman–Crippen MR) is 88.8 cm³/mol. The molecule has 2 aromatic rings. The van der Waals surface area contributed by atoms with Crippen molar-refractivity contribution in [1.29, 1.82) is 0 Å². The minimum atomic E-state index is -0.601. The molecular weight excluding hydrogens is 427 g/mol. The molecule has 5 nitrogen and oxygen atoms in total. The number of carbonyl (C=O) groups is 1. The molecule has 0 saturated carbocycles. The number of pyridine rings is 1. The van der Waals surface area contributed by atoms with Crippen molar-refractivity contribution in [3.05, 3.63) is 35.2 Å². The van der Waals surface area contributed by atoms with E-state index in [0.29, 0.717) is 16.5 Å². The van der Waals surface area contributed by atoms with Gasteiger partial charge in [-0.25, -0.2) is 0 Å². The summed E-state index contributed by atoms with van der Waals surface area (Å²) < 4.78 is 6.76. The first-order chi connectivity index (χ1) is 10.7. The Labute approximate surface area is 152 Å². The van der Waals surface area contributed by atoms with Crippen LogP contribution in [-0.2, 0) is 4.74 Å². The van der Waals surface area contributed by atoms with Gasteiger partial charge in [0.25, 0.3) is 0 Å². The number of nitrogens with zero attached hydrogens (tertiary/aromatic N) is 2. The number of carbonyl (C=O) groups excluding carboxylic acids is 1. The van der Waals surface area contributed by atoms with Crippen LogP contribution < -0.4 is 26.8 Å². The van der Waals surface area contributed by atoms with Gasteiger partial charge < -0.3 is 0 Å². The van der Waals surface area contributed by atoms with Gasteiger partial charge in [-0.15, -0.1) is 0 Å². The van der Waals surface area contributed by atoms with E-state index in [4.69, 9.17) is 24.2 Å². The first-order valence-electron chi connectivity index (χ1n) is 6.79. The molecule has 2 radical (unpaired) electrons. The van der Waals surface area contributed by atoms with E-state index < -0.39 is 5.44 Å². The molecule has 2 heterocycles. The van der Waals surface area contributed by atoms with E-state index in [1.807, 2.05) is 28.9 Å². The molecule has 122 valence electrons. The third-order valence-electron chi connectivity index (χ3n) is 2.97. The zero-order valence-electron chi connectivity index (χ0n) is 13.4.